The first-order valence-corrected chi connectivity index (χ1v) is 19.4. The van der Waals surface area contributed by atoms with E-state index >= 15 is 0 Å². The van der Waals surface area contributed by atoms with Gasteiger partial charge in [-0.05, 0) is 34.1 Å². The van der Waals surface area contributed by atoms with Crippen molar-refractivity contribution < 1.29 is 105 Å². The van der Waals surface area contributed by atoms with Gasteiger partial charge < -0.3 is 78.0 Å². The molecule has 5 heterocycles. The largest absolute Gasteiger partial charge is 0.479 e. The minimum atomic E-state index is -5.25. The maximum atomic E-state index is 12.2. The first kappa shape index (κ1) is 44.4. The maximum absolute atomic E-state index is 12.2. The predicted molar refractivity (Wildman–Crippen MR) is 174 cm³/mol. The monoisotopic (exact) mass is 820 g/mol. The molecule has 0 amide bonds. The molecule has 5 rings (SSSR count). The van der Waals surface area contributed by atoms with Crippen LogP contribution in [0.4, 0.5) is 0 Å². The highest BCUT2D eigenvalue weighted by Crippen LogP contribution is 2.37. The van der Waals surface area contributed by atoms with E-state index in [1.165, 1.54) is 6.92 Å². The first-order chi connectivity index (χ1) is 25.8. The zero-order valence-corrected chi connectivity index (χ0v) is 31.5. The second kappa shape index (κ2) is 18.4. The molecule has 5 aliphatic rings. The fraction of sp³-hybridized carbons (Fsp3) is 0.938. The molecule has 5 aliphatic heterocycles. The summed E-state index contributed by atoms with van der Waals surface area (Å²) in [5.41, 5.74) is 0. The number of carboxylic acids is 1. The molecule has 22 nitrogen and oxygen atoms in total. The fourth-order valence-corrected chi connectivity index (χ4v) is 7.92. The number of aliphatic hydroxyl groups is 5. The van der Waals surface area contributed by atoms with Gasteiger partial charge in [0.15, 0.2) is 43.5 Å². The summed E-state index contributed by atoms with van der Waals surface area (Å²) in [6.07, 6.45) is -25.3. The van der Waals surface area contributed by atoms with Gasteiger partial charge in [0.2, 0.25) is 6.29 Å². The van der Waals surface area contributed by atoms with Crippen LogP contribution in [0.1, 0.15) is 60.3 Å². The quantitative estimate of drug-likeness (QED) is 0.0757. The molecule has 0 saturated carbocycles. The molecule has 0 bridgehead atoms. The number of aliphatic hydroxyl groups excluding tert-OH is 5. The smallest absolute Gasteiger partial charge is 0.397 e. The normalized spacial score (nSPS) is 48.5. The lowest BCUT2D eigenvalue weighted by atomic mass is 9.91. The van der Waals surface area contributed by atoms with Gasteiger partial charge >= 0.3 is 16.4 Å². The third-order valence-electron chi connectivity index (χ3n) is 10.4. The highest BCUT2D eigenvalue weighted by molar-refractivity contribution is 7.80. The summed E-state index contributed by atoms with van der Waals surface area (Å²) in [6, 6.07) is 0. The van der Waals surface area contributed by atoms with E-state index in [0.29, 0.717) is 0 Å². The minimum Gasteiger partial charge on any atom is -0.479 e. The second-order valence-electron chi connectivity index (χ2n) is 14.5. The lowest BCUT2D eigenvalue weighted by Crippen LogP contribution is -2.63. The van der Waals surface area contributed by atoms with Crippen LogP contribution in [0, 0.1) is 5.92 Å². The fourth-order valence-electron chi connectivity index (χ4n) is 7.44. The van der Waals surface area contributed by atoms with Crippen molar-refractivity contribution in [3.05, 3.63) is 0 Å². The molecule has 0 aromatic rings. The van der Waals surface area contributed by atoms with Crippen molar-refractivity contribution in [3.63, 3.8) is 0 Å². The summed E-state index contributed by atoms with van der Waals surface area (Å²) < 4.78 is 95.1. The Bertz CT molecular complexity index is 1370. The number of hydrogen-bond donors (Lipinski definition) is 7. The van der Waals surface area contributed by atoms with Gasteiger partial charge in [-0.25, -0.2) is 8.98 Å². The summed E-state index contributed by atoms with van der Waals surface area (Å²) >= 11 is 0. The van der Waals surface area contributed by atoms with Gasteiger partial charge in [0.25, 0.3) is 6.47 Å². The number of carbonyl (C=O) groups excluding carboxylic acids is 1. The number of rotatable bonds is 13. The van der Waals surface area contributed by atoms with Crippen molar-refractivity contribution in [2.24, 2.45) is 5.92 Å². The molecule has 7 unspecified atom stereocenters. The molecule has 23 heteroatoms. The van der Waals surface area contributed by atoms with Crippen molar-refractivity contribution in [2.45, 2.75) is 183 Å². The van der Waals surface area contributed by atoms with E-state index in [0.717, 1.165) is 0 Å². The number of aliphatic carboxylic acids is 1. The standard InChI is InChI=1S/C32H52O22S/c1-11-8-17(35)24(15(5)45-11)51-32-27(54-55(41,42)43)23(38)26(31(53-32)44-10-33)49-19-7-6-18(13(3)46-19)48-30-12(2)21(36)25(28(52-30)29(39)40)50-20-9-16(34)22(37)14(4)47-20/h10-28,30-32,34-38H,6-9H2,1-5H3,(H,39,40)(H,41,42,43)/t11-,12?,13?,14?,15?,16-,17-,18+,19-,20-,21-,22-,23+,24-,25+,26+,27?,28?,30-,31?,32-/m1/s1. The van der Waals surface area contributed by atoms with Crippen molar-refractivity contribution >= 4 is 22.8 Å². The lowest BCUT2D eigenvalue weighted by molar-refractivity contribution is -0.380. The van der Waals surface area contributed by atoms with Crippen LogP contribution in [-0.4, -0.2) is 179 Å². The number of carbonyl (C=O) groups is 2. The highest BCUT2D eigenvalue weighted by atomic mass is 32.3. The van der Waals surface area contributed by atoms with E-state index in [2.05, 4.69) is 0 Å². The Labute approximate surface area is 316 Å². The molecular formula is C32H52O22S. The highest BCUT2D eigenvalue weighted by Gasteiger charge is 2.54. The van der Waals surface area contributed by atoms with E-state index in [-0.39, 0.29) is 38.3 Å². The molecule has 0 radical (unpaired) electrons. The molecule has 0 aromatic heterocycles. The Morgan fingerprint density at radius 1 is 0.655 bits per heavy atom. The van der Waals surface area contributed by atoms with Crippen molar-refractivity contribution in [2.75, 3.05) is 0 Å². The van der Waals surface area contributed by atoms with Gasteiger partial charge in [0, 0.05) is 25.2 Å². The van der Waals surface area contributed by atoms with Gasteiger partial charge in [-0.15, -0.1) is 0 Å². The summed E-state index contributed by atoms with van der Waals surface area (Å²) in [5, 5.41) is 63.2. The Morgan fingerprint density at radius 2 is 1.33 bits per heavy atom. The molecule has 0 aliphatic carbocycles. The molecular weight excluding hydrogens is 768 g/mol. The average molecular weight is 821 g/mol. The van der Waals surface area contributed by atoms with Crippen LogP contribution in [0.15, 0.2) is 0 Å². The molecule has 55 heavy (non-hydrogen) atoms. The van der Waals surface area contributed by atoms with Crippen molar-refractivity contribution in [3.8, 4) is 0 Å². The summed E-state index contributed by atoms with van der Waals surface area (Å²) in [6.45, 7) is 7.94. The topological polar surface area (TPSA) is 311 Å². The third kappa shape index (κ3) is 10.7. The predicted octanol–water partition coefficient (Wildman–Crippen LogP) is -2.32. The molecule has 7 N–H and O–H groups in total. The Balaban J connectivity index is 1.22. The molecule has 0 spiro atoms. The Hall–Kier alpha value is -1.75. The van der Waals surface area contributed by atoms with E-state index in [1.54, 1.807) is 27.7 Å². The second-order valence-corrected chi connectivity index (χ2v) is 15.6. The molecule has 21 atom stereocenters. The zero-order valence-electron chi connectivity index (χ0n) is 30.7. The van der Waals surface area contributed by atoms with Crippen LogP contribution < -0.4 is 0 Å². The number of hydrogen-bond acceptors (Lipinski definition) is 20. The zero-order chi connectivity index (χ0) is 40.5. The van der Waals surface area contributed by atoms with E-state index in [1.807, 2.05) is 0 Å². The minimum absolute atomic E-state index is 0.0118. The van der Waals surface area contributed by atoms with Gasteiger partial charge in [-0.3, -0.25) is 9.35 Å². The summed E-state index contributed by atoms with van der Waals surface area (Å²) in [4.78, 5) is 23.7. The number of carboxylic acid groups (broad SMARTS) is 1. The summed E-state index contributed by atoms with van der Waals surface area (Å²) in [5.74, 6) is -2.32. The molecule has 5 fully saturated rings. The number of ether oxygens (including phenoxy) is 10. The Morgan fingerprint density at radius 3 is 1.93 bits per heavy atom. The summed E-state index contributed by atoms with van der Waals surface area (Å²) in [7, 11) is -5.25. The van der Waals surface area contributed by atoms with E-state index < -0.39 is 139 Å². The SMILES string of the molecule is CC1O[C@H](O[C@@H]2C(OC=O)O[C@@H](O[C@@H]3C(C)O[C@H](C)C[C@H]3O)C(OS(=O)(=O)O)[C@H]2O)CC[C@@H]1O[C@@H]1OC(C(=O)O)[C@@H](O[C@@H]2C[C@@H](O)[C@H](O)C(C)O2)[C@H](O)C1C. The van der Waals surface area contributed by atoms with Crippen LogP contribution in [0.3, 0.4) is 0 Å². The first-order valence-electron chi connectivity index (χ1n) is 18.0. The third-order valence-corrected chi connectivity index (χ3v) is 10.8. The lowest BCUT2D eigenvalue weighted by Gasteiger charge is -2.47. The maximum Gasteiger partial charge on any atom is 0.397 e. The van der Waals surface area contributed by atoms with Crippen LogP contribution in [-0.2, 0) is 71.5 Å². The molecule has 318 valence electrons. The van der Waals surface area contributed by atoms with E-state index in [4.69, 9.17) is 51.6 Å². The van der Waals surface area contributed by atoms with Gasteiger partial charge in [-0.2, -0.15) is 8.42 Å². The van der Waals surface area contributed by atoms with Gasteiger partial charge in [-0.1, -0.05) is 6.92 Å². The van der Waals surface area contributed by atoms with Gasteiger partial charge in [0.1, 0.15) is 24.4 Å². The average Bonchev–Trinajstić information content (AvgIpc) is 3.08. The molecule has 0 aromatic carbocycles. The van der Waals surface area contributed by atoms with Crippen LogP contribution in [0.25, 0.3) is 0 Å². The van der Waals surface area contributed by atoms with Crippen LogP contribution in [0.2, 0.25) is 0 Å². The van der Waals surface area contributed by atoms with Crippen LogP contribution >= 0.6 is 0 Å². The van der Waals surface area contributed by atoms with Crippen molar-refractivity contribution in [1.29, 1.82) is 0 Å². The molecule has 5 saturated heterocycles. The van der Waals surface area contributed by atoms with Gasteiger partial charge in [0.05, 0.1) is 48.8 Å². The van der Waals surface area contributed by atoms with E-state index in [9.17, 15) is 53.2 Å². The van der Waals surface area contributed by atoms with Crippen molar-refractivity contribution in [1.82, 2.24) is 0 Å². The van der Waals surface area contributed by atoms with Crippen LogP contribution in [0.5, 0.6) is 0 Å². The Kier molecular flexibility index (Phi) is 14.9.